The number of nitrogens with zero attached hydrogens (tertiary/aromatic N) is 1. The minimum Gasteiger partial charge on any atom is -0.396 e. The lowest BCUT2D eigenvalue weighted by Crippen LogP contribution is -2.55. The number of hydrogen-bond donors (Lipinski definition) is 2. The van der Waals surface area contributed by atoms with Gasteiger partial charge in [0.1, 0.15) is 5.82 Å². The fraction of sp³-hybridized carbons (Fsp3) is 0.533. The van der Waals surface area contributed by atoms with E-state index in [4.69, 9.17) is 10.5 Å². The lowest BCUT2D eigenvalue weighted by atomic mass is 10.0. The van der Waals surface area contributed by atoms with Crippen molar-refractivity contribution < 1.29 is 13.9 Å². The molecule has 1 aliphatic rings. The third kappa shape index (κ3) is 3.92. The largest absolute Gasteiger partial charge is 0.396 e. The molecule has 0 aromatic heterocycles. The number of nitrogens with one attached hydrogen (secondary N) is 1. The Morgan fingerprint density at radius 3 is 2.71 bits per heavy atom. The first-order valence-electron chi connectivity index (χ1n) is 7.06. The highest BCUT2D eigenvalue weighted by Crippen LogP contribution is 2.16. The van der Waals surface area contributed by atoms with Crippen molar-refractivity contribution in [2.45, 2.75) is 19.4 Å². The van der Waals surface area contributed by atoms with Crippen LogP contribution in [0.5, 0.6) is 0 Å². The number of carbonyl (C=O) groups is 1. The van der Waals surface area contributed by atoms with Gasteiger partial charge in [-0.2, -0.15) is 0 Å². The summed E-state index contributed by atoms with van der Waals surface area (Å²) < 4.78 is 18.7. The Labute approximate surface area is 124 Å². The van der Waals surface area contributed by atoms with Gasteiger partial charge < -0.3 is 15.8 Å². The van der Waals surface area contributed by atoms with Crippen molar-refractivity contribution in [3.8, 4) is 0 Å². The van der Waals surface area contributed by atoms with Crippen LogP contribution in [0.4, 0.5) is 10.1 Å². The number of amides is 1. The Balaban J connectivity index is 1.94. The van der Waals surface area contributed by atoms with Gasteiger partial charge in [-0.05, 0) is 32.0 Å². The highest BCUT2D eigenvalue weighted by atomic mass is 19.1. The second-order valence-electron chi connectivity index (χ2n) is 5.83. The van der Waals surface area contributed by atoms with Crippen molar-refractivity contribution in [3.63, 3.8) is 0 Å². The van der Waals surface area contributed by atoms with Crippen LogP contribution in [0.3, 0.4) is 0 Å². The number of ether oxygens (including phenoxy) is 1. The Kier molecular flexibility index (Phi) is 4.80. The minimum atomic E-state index is -0.574. The third-order valence-corrected chi connectivity index (χ3v) is 3.81. The van der Waals surface area contributed by atoms with Crippen molar-refractivity contribution >= 4 is 11.6 Å². The van der Waals surface area contributed by atoms with Crippen LogP contribution in [0.2, 0.25) is 0 Å². The number of nitrogen functional groups attached to an aromatic ring is 1. The summed E-state index contributed by atoms with van der Waals surface area (Å²) in [5.74, 6) is -0.870. The molecule has 0 radical (unpaired) electrons. The van der Waals surface area contributed by atoms with Crippen LogP contribution < -0.4 is 11.1 Å². The summed E-state index contributed by atoms with van der Waals surface area (Å²) in [7, 11) is 0. The molecule has 1 aromatic rings. The SMILES string of the molecule is CC(C)(CNC(=O)c1ccc(N)c(F)c1)N1CCOCC1. The van der Waals surface area contributed by atoms with Crippen molar-refractivity contribution in [1.29, 1.82) is 0 Å². The molecule has 0 bridgehead atoms. The smallest absolute Gasteiger partial charge is 0.251 e. The summed E-state index contributed by atoms with van der Waals surface area (Å²) in [6.07, 6.45) is 0. The van der Waals surface area contributed by atoms with Crippen LogP contribution in [0, 0.1) is 5.82 Å². The average Bonchev–Trinajstić information content (AvgIpc) is 2.48. The van der Waals surface area contributed by atoms with Gasteiger partial charge in [0, 0.05) is 30.7 Å². The molecule has 3 N–H and O–H groups in total. The predicted octanol–water partition coefficient (Wildman–Crippen LogP) is 1.25. The summed E-state index contributed by atoms with van der Waals surface area (Å²) in [4.78, 5) is 14.4. The number of carbonyl (C=O) groups excluding carboxylic acids is 1. The zero-order valence-corrected chi connectivity index (χ0v) is 12.5. The quantitative estimate of drug-likeness (QED) is 0.820. The maximum Gasteiger partial charge on any atom is 0.251 e. The molecule has 0 saturated carbocycles. The summed E-state index contributed by atoms with van der Waals surface area (Å²) in [6, 6.07) is 4.08. The zero-order valence-electron chi connectivity index (χ0n) is 12.5. The van der Waals surface area contributed by atoms with E-state index >= 15 is 0 Å². The number of halogens is 1. The molecule has 0 spiro atoms. The van der Waals surface area contributed by atoms with Gasteiger partial charge in [0.25, 0.3) is 5.91 Å². The Morgan fingerprint density at radius 2 is 2.10 bits per heavy atom. The summed E-state index contributed by atoms with van der Waals surface area (Å²) in [6.45, 7) is 7.74. The Hall–Kier alpha value is -1.66. The highest BCUT2D eigenvalue weighted by molar-refractivity contribution is 5.94. The molecule has 2 rings (SSSR count). The Morgan fingerprint density at radius 1 is 1.43 bits per heavy atom. The van der Waals surface area contributed by atoms with Crippen LogP contribution in [0.15, 0.2) is 18.2 Å². The molecule has 1 aromatic carbocycles. The van der Waals surface area contributed by atoms with Crippen molar-refractivity contribution in [2.75, 3.05) is 38.6 Å². The van der Waals surface area contributed by atoms with Gasteiger partial charge in [-0.1, -0.05) is 0 Å². The van der Waals surface area contributed by atoms with Crippen LogP contribution >= 0.6 is 0 Å². The average molecular weight is 295 g/mol. The van der Waals surface area contributed by atoms with Crippen molar-refractivity contribution in [1.82, 2.24) is 10.2 Å². The van der Waals surface area contributed by atoms with Gasteiger partial charge in [0.05, 0.1) is 18.9 Å². The van der Waals surface area contributed by atoms with E-state index in [1.54, 1.807) is 0 Å². The van der Waals surface area contributed by atoms with Crippen LogP contribution in [0.25, 0.3) is 0 Å². The highest BCUT2D eigenvalue weighted by Gasteiger charge is 2.28. The summed E-state index contributed by atoms with van der Waals surface area (Å²) >= 11 is 0. The second-order valence-corrected chi connectivity index (χ2v) is 5.83. The maximum absolute atomic E-state index is 13.4. The molecule has 1 heterocycles. The van der Waals surface area contributed by atoms with E-state index in [9.17, 15) is 9.18 Å². The zero-order chi connectivity index (χ0) is 15.5. The molecule has 6 heteroatoms. The second kappa shape index (κ2) is 6.41. The van der Waals surface area contributed by atoms with Gasteiger partial charge in [0.15, 0.2) is 0 Å². The van der Waals surface area contributed by atoms with E-state index in [0.29, 0.717) is 19.8 Å². The molecule has 0 aliphatic carbocycles. The standard InChI is InChI=1S/C15H22FN3O2/c1-15(2,19-5-7-21-8-6-19)10-18-14(20)11-3-4-13(17)12(16)9-11/h3-4,9H,5-8,10,17H2,1-2H3,(H,18,20). The summed E-state index contributed by atoms with van der Waals surface area (Å²) in [5.41, 5.74) is 5.55. The summed E-state index contributed by atoms with van der Waals surface area (Å²) in [5, 5.41) is 2.85. The fourth-order valence-corrected chi connectivity index (χ4v) is 2.35. The first kappa shape index (κ1) is 15.7. The number of anilines is 1. The van der Waals surface area contributed by atoms with E-state index in [2.05, 4.69) is 24.1 Å². The van der Waals surface area contributed by atoms with E-state index in [1.165, 1.54) is 12.1 Å². The van der Waals surface area contributed by atoms with Crippen LogP contribution in [-0.4, -0.2) is 49.2 Å². The van der Waals surface area contributed by atoms with Crippen molar-refractivity contribution in [2.24, 2.45) is 0 Å². The predicted molar refractivity (Wildman–Crippen MR) is 79.6 cm³/mol. The minimum absolute atomic E-state index is 0.0418. The number of morpholine rings is 1. The van der Waals surface area contributed by atoms with E-state index < -0.39 is 5.82 Å². The molecule has 0 unspecified atom stereocenters. The van der Waals surface area contributed by atoms with Crippen LogP contribution in [-0.2, 0) is 4.74 Å². The van der Waals surface area contributed by atoms with E-state index in [-0.39, 0.29) is 22.7 Å². The topological polar surface area (TPSA) is 67.6 Å². The molecule has 1 aliphatic heterocycles. The molecule has 1 amide bonds. The van der Waals surface area contributed by atoms with E-state index in [0.717, 1.165) is 19.2 Å². The fourth-order valence-electron chi connectivity index (χ4n) is 2.35. The number of benzene rings is 1. The van der Waals surface area contributed by atoms with Crippen molar-refractivity contribution in [3.05, 3.63) is 29.6 Å². The molecule has 21 heavy (non-hydrogen) atoms. The monoisotopic (exact) mass is 295 g/mol. The van der Waals surface area contributed by atoms with Gasteiger partial charge >= 0.3 is 0 Å². The molecule has 1 fully saturated rings. The molecule has 5 nitrogen and oxygen atoms in total. The van der Waals surface area contributed by atoms with Gasteiger partial charge in [-0.25, -0.2) is 4.39 Å². The maximum atomic E-state index is 13.4. The molecule has 116 valence electrons. The lowest BCUT2D eigenvalue weighted by Gasteiger charge is -2.40. The van der Waals surface area contributed by atoms with Gasteiger partial charge in [-0.15, -0.1) is 0 Å². The first-order valence-corrected chi connectivity index (χ1v) is 7.06. The van der Waals surface area contributed by atoms with Gasteiger partial charge in [-0.3, -0.25) is 9.69 Å². The first-order chi connectivity index (χ1) is 9.90. The number of rotatable bonds is 4. The van der Waals surface area contributed by atoms with Crippen LogP contribution in [0.1, 0.15) is 24.2 Å². The lowest BCUT2D eigenvalue weighted by molar-refractivity contribution is -0.00923. The number of hydrogen-bond acceptors (Lipinski definition) is 4. The van der Waals surface area contributed by atoms with E-state index in [1.807, 2.05) is 0 Å². The molecular formula is C15H22FN3O2. The Bertz CT molecular complexity index is 514. The number of nitrogens with two attached hydrogens (primary N) is 1. The molecule has 0 atom stereocenters. The third-order valence-electron chi connectivity index (χ3n) is 3.81. The normalized spacial score (nSPS) is 16.7. The molecule has 1 saturated heterocycles. The molecular weight excluding hydrogens is 273 g/mol. The van der Waals surface area contributed by atoms with Gasteiger partial charge in [0.2, 0.25) is 0 Å².